The number of nitrogens with zero attached hydrogens (tertiary/aromatic N) is 2. The largest absolute Gasteiger partial charge is 0.862 e. The van der Waals surface area contributed by atoms with Gasteiger partial charge in [0.1, 0.15) is 0 Å². The van der Waals surface area contributed by atoms with Gasteiger partial charge in [0.05, 0.1) is 32.9 Å². The monoisotopic (exact) mass is 205 g/mol. The van der Waals surface area contributed by atoms with Crippen molar-refractivity contribution >= 4 is 17.8 Å². The van der Waals surface area contributed by atoms with Crippen molar-refractivity contribution in [3.05, 3.63) is 4.91 Å². The standard InChI is InChI=1S/C7H15N3O2S/c1-10(2,3)5-6(13-9-12)4-7(8)11/h6H,4-5H2,1-3H3,(H-,8,11). The minimum absolute atomic E-state index is 0.0892. The molecule has 0 aliphatic carbocycles. The summed E-state index contributed by atoms with van der Waals surface area (Å²) in [6, 6.07) is 0. The van der Waals surface area contributed by atoms with Gasteiger partial charge in [0.25, 0.3) is 0 Å². The van der Waals surface area contributed by atoms with Crippen molar-refractivity contribution in [2.45, 2.75) is 11.7 Å². The van der Waals surface area contributed by atoms with Crippen LogP contribution in [0.5, 0.6) is 0 Å². The lowest BCUT2D eigenvalue weighted by Gasteiger charge is -2.28. The van der Waals surface area contributed by atoms with Gasteiger partial charge >= 0.3 is 0 Å². The number of hydrogen-bond donors (Lipinski definition) is 1. The van der Waals surface area contributed by atoms with Gasteiger partial charge in [-0.1, -0.05) is 0 Å². The molecule has 0 aromatic carbocycles. The molecule has 0 aliphatic rings. The summed E-state index contributed by atoms with van der Waals surface area (Å²) in [7, 11) is 5.90. The maximum atomic E-state index is 10.5. The van der Waals surface area contributed by atoms with E-state index in [1.165, 1.54) is 0 Å². The minimum Gasteiger partial charge on any atom is -0.862 e. The number of nitrogens with one attached hydrogen (secondary N) is 1. The lowest BCUT2D eigenvalue weighted by atomic mass is 10.3. The molecule has 5 nitrogen and oxygen atoms in total. The van der Waals surface area contributed by atoms with E-state index in [2.05, 4.69) is 4.58 Å². The first-order chi connectivity index (χ1) is 5.85. The van der Waals surface area contributed by atoms with Crippen LogP contribution in [0.3, 0.4) is 0 Å². The minimum atomic E-state index is -0.644. The van der Waals surface area contributed by atoms with Crippen LogP contribution < -0.4 is 5.11 Å². The van der Waals surface area contributed by atoms with Crippen LogP contribution in [0, 0.1) is 10.3 Å². The van der Waals surface area contributed by atoms with Crippen LogP contribution in [0.25, 0.3) is 0 Å². The van der Waals surface area contributed by atoms with E-state index in [0.717, 1.165) is 11.9 Å². The third-order valence-corrected chi connectivity index (χ3v) is 2.06. The second-order valence-electron chi connectivity index (χ2n) is 3.90. The molecule has 0 bridgehead atoms. The predicted molar refractivity (Wildman–Crippen MR) is 52.4 cm³/mol. The van der Waals surface area contributed by atoms with Crippen molar-refractivity contribution in [3.8, 4) is 0 Å². The van der Waals surface area contributed by atoms with E-state index in [1.54, 1.807) is 0 Å². The number of nitroso groups, excluding NO2 is 1. The molecule has 0 saturated carbocycles. The van der Waals surface area contributed by atoms with Gasteiger partial charge in [-0.25, -0.2) is 0 Å². The fourth-order valence-corrected chi connectivity index (χ4v) is 1.88. The molecule has 6 heteroatoms. The third-order valence-electron chi connectivity index (χ3n) is 1.36. The van der Waals surface area contributed by atoms with Crippen LogP contribution in [0.15, 0.2) is 4.58 Å². The average molecular weight is 205 g/mol. The molecule has 0 aliphatic heterocycles. The van der Waals surface area contributed by atoms with Gasteiger partial charge in [0.15, 0.2) is 0 Å². The highest BCUT2D eigenvalue weighted by atomic mass is 32.2. The average Bonchev–Trinajstić information content (AvgIpc) is 1.81. The molecule has 0 spiro atoms. The Bertz CT molecular complexity index is 191. The molecule has 1 unspecified atom stereocenters. The number of rotatable bonds is 6. The Kier molecular flexibility index (Phi) is 4.94. The quantitative estimate of drug-likeness (QED) is 0.221. The molecule has 1 N–H and O–H groups in total. The second kappa shape index (κ2) is 5.18. The summed E-state index contributed by atoms with van der Waals surface area (Å²) in [5.74, 6) is -0.644. The lowest BCUT2D eigenvalue weighted by Crippen LogP contribution is -2.41. The zero-order valence-corrected chi connectivity index (χ0v) is 8.93. The van der Waals surface area contributed by atoms with Crippen LogP contribution >= 0.6 is 11.9 Å². The summed E-state index contributed by atoms with van der Waals surface area (Å²) in [6.45, 7) is 0.654. The van der Waals surface area contributed by atoms with E-state index in [1.807, 2.05) is 21.1 Å². The fourth-order valence-electron chi connectivity index (χ4n) is 1.01. The van der Waals surface area contributed by atoms with Gasteiger partial charge in [-0.05, 0) is 12.3 Å². The van der Waals surface area contributed by atoms with Crippen molar-refractivity contribution in [1.82, 2.24) is 0 Å². The van der Waals surface area contributed by atoms with Gasteiger partial charge in [-0.3, -0.25) is 0 Å². The first kappa shape index (κ1) is 12.4. The maximum absolute atomic E-state index is 10.5. The Labute approximate surface area is 82.3 Å². The summed E-state index contributed by atoms with van der Waals surface area (Å²) >= 11 is 0.845. The van der Waals surface area contributed by atoms with Crippen molar-refractivity contribution in [3.63, 3.8) is 0 Å². The normalized spacial score (nSPS) is 13.8. The van der Waals surface area contributed by atoms with Gasteiger partial charge in [-0.2, -0.15) is 0 Å². The van der Waals surface area contributed by atoms with Gasteiger partial charge in [0, 0.05) is 16.5 Å². The second-order valence-corrected chi connectivity index (χ2v) is 4.93. The molecular formula is C7H15N3O2S. The Hall–Kier alpha value is -0.620. The van der Waals surface area contributed by atoms with E-state index >= 15 is 0 Å². The Morgan fingerprint density at radius 3 is 2.46 bits per heavy atom. The van der Waals surface area contributed by atoms with E-state index in [-0.39, 0.29) is 11.7 Å². The van der Waals surface area contributed by atoms with E-state index < -0.39 is 5.90 Å². The molecule has 0 heterocycles. The third kappa shape index (κ3) is 7.73. The maximum Gasteiger partial charge on any atom is 0.0924 e. The van der Waals surface area contributed by atoms with Crippen molar-refractivity contribution in [1.29, 1.82) is 5.41 Å². The molecule has 0 radical (unpaired) electrons. The summed E-state index contributed by atoms with van der Waals surface area (Å²) in [5.41, 5.74) is 0. The van der Waals surface area contributed by atoms with Crippen molar-refractivity contribution in [2.24, 2.45) is 4.58 Å². The molecule has 0 saturated heterocycles. The highest BCUT2D eigenvalue weighted by Gasteiger charge is 2.18. The molecule has 1 atom stereocenters. The number of quaternary nitrogens is 1. The lowest BCUT2D eigenvalue weighted by molar-refractivity contribution is -0.869. The summed E-state index contributed by atoms with van der Waals surface area (Å²) < 4.78 is 3.35. The summed E-state index contributed by atoms with van der Waals surface area (Å²) in [4.78, 5) is 10.0. The topological polar surface area (TPSA) is 76.3 Å². The summed E-state index contributed by atoms with van der Waals surface area (Å²) in [5, 5.41) is 17.1. The van der Waals surface area contributed by atoms with Crippen LogP contribution in [-0.2, 0) is 0 Å². The smallest absolute Gasteiger partial charge is 0.0924 e. The molecular weight excluding hydrogens is 190 g/mol. The van der Waals surface area contributed by atoms with E-state index in [4.69, 9.17) is 5.41 Å². The Morgan fingerprint density at radius 2 is 2.15 bits per heavy atom. The van der Waals surface area contributed by atoms with Gasteiger partial charge in [-0.15, -0.1) is 4.91 Å². The number of hydrogen-bond acceptors (Lipinski definition) is 5. The predicted octanol–water partition coefficient (Wildman–Crippen LogP) is 0.203. The molecule has 0 fully saturated rings. The zero-order valence-electron chi connectivity index (χ0n) is 8.11. The first-order valence-corrected chi connectivity index (χ1v) is 4.72. The van der Waals surface area contributed by atoms with Crippen molar-refractivity contribution in [2.75, 3.05) is 27.7 Å². The van der Waals surface area contributed by atoms with Crippen LogP contribution in [0.1, 0.15) is 6.42 Å². The van der Waals surface area contributed by atoms with Crippen molar-refractivity contribution < 1.29 is 9.59 Å². The van der Waals surface area contributed by atoms with E-state index in [0.29, 0.717) is 11.0 Å². The Morgan fingerprint density at radius 1 is 1.62 bits per heavy atom. The molecule has 0 rings (SSSR count). The van der Waals surface area contributed by atoms with Crippen LogP contribution in [0.2, 0.25) is 0 Å². The highest BCUT2D eigenvalue weighted by Crippen LogP contribution is 2.17. The SMILES string of the molecule is C[N+](C)(C)CC(CC(=N)[O-])SN=O. The summed E-state index contributed by atoms with van der Waals surface area (Å²) in [6.07, 6.45) is 0.0892. The fraction of sp³-hybridized carbons (Fsp3) is 0.857. The van der Waals surface area contributed by atoms with Gasteiger partial charge in [0.2, 0.25) is 0 Å². The molecule has 0 aromatic heterocycles. The highest BCUT2D eigenvalue weighted by molar-refractivity contribution is 7.98. The molecule has 0 amide bonds. The van der Waals surface area contributed by atoms with Crippen LogP contribution in [0.4, 0.5) is 0 Å². The molecule has 76 valence electrons. The van der Waals surface area contributed by atoms with Crippen LogP contribution in [-0.4, -0.2) is 43.3 Å². The van der Waals surface area contributed by atoms with Gasteiger partial charge < -0.3 is 15.0 Å². The zero-order chi connectivity index (χ0) is 10.5. The molecule has 13 heavy (non-hydrogen) atoms. The first-order valence-electron chi connectivity index (χ1n) is 3.88. The Balaban J connectivity index is 4.09. The van der Waals surface area contributed by atoms with E-state index in [9.17, 15) is 10.0 Å². The molecule has 0 aromatic rings.